The number of carbonyl (C=O) groups is 2. The third-order valence-corrected chi connectivity index (χ3v) is 8.47. The number of aliphatic hydroxyl groups excluding tert-OH is 1. The maximum absolute atomic E-state index is 13.1. The number of ether oxygens (including phenoxy) is 1. The average Bonchev–Trinajstić information content (AvgIpc) is 3.14. The maximum atomic E-state index is 13.1. The molecule has 2 fully saturated rings. The van der Waals surface area contributed by atoms with E-state index in [1.54, 1.807) is 12.1 Å². The molecule has 2 saturated heterocycles. The van der Waals surface area contributed by atoms with Gasteiger partial charge in [-0.2, -0.15) is 4.31 Å². The topological polar surface area (TPSA) is 124 Å². The van der Waals surface area contributed by atoms with Crippen LogP contribution in [0.15, 0.2) is 59.0 Å². The van der Waals surface area contributed by atoms with E-state index in [-0.39, 0.29) is 28.3 Å². The van der Waals surface area contributed by atoms with Crippen LogP contribution in [-0.2, 0) is 24.3 Å². The van der Waals surface area contributed by atoms with Gasteiger partial charge in [-0.15, -0.1) is 0 Å². The summed E-state index contributed by atoms with van der Waals surface area (Å²) in [6, 6.07) is 10.9. The fourth-order valence-corrected chi connectivity index (χ4v) is 6.24. The molecule has 1 atom stereocenters. The molecule has 2 N–H and O–H groups in total. The van der Waals surface area contributed by atoms with Gasteiger partial charge in [0.05, 0.1) is 16.5 Å². The van der Waals surface area contributed by atoms with Crippen molar-refractivity contribution in [2.24, 2.45) is 0 Å². The van der Waals surface area contributed by atoms with Crippen molar-refractivity contribution in [3.05, 3.63) is 65.2 Å². The molecule has 10 heteroatoms. The van der Waals surface area contributed by atoms with Gasteiger partial charge < -0.3 is 19.8 Å². The number of Topliss-reactive ketones (excluding diaryl/α,β-unsaturated/α-hetero) is 1. The normalized spacial score (nSPS) is 20.7. The highest BCUT2D eigenvalue weighted by molar-refractivity contribution is 7.89. The summed E-state index contributed by atoms with van der Waals surface area (Å²) in [4.78, 5) is 27.4. The number of ketones is 1. The van der Waals surface area contributed by atoms with E-state index in [1.807, 2.05) is 0 Å². The van der Waals surface area contributed by atoms with Gasteiger partial charge in [0.2, 0.25) is 10.0 Å². The number of amides is 1. The van der Waals surface area contributed by atoms with Gasteiger partial charge in [-0.3, -0.25) is 9.59 Å². The molecule has 1 unspecified atom stereocenters. The van der Waals surface area contributed by atoms with Gasteiger partial charge in [0.15, 0.2) is 0 Å². The second-order valence-corrected chi connectivity index (χ2v) is 10.9. The highest BCUT2D eigenvalue weighted by Gasteiger charge is 2.46. The molecule has 2 aromatic rings. The molecular weight excluding hydrogens is 484 g/mol. The lowest BCUT2D eigenvalue weighted by molar-refractivity contribution is -0.140. The second-order valence-electron chi connectivity index (χ2n) is 8.92. The lowest BCUT2D eigenvalue weighted by Crippen LogP contribution is -2.35. The summed E-state index contributed by atoms with van der Waals surface area (Å²) in [6.07, 6.45) is 3.11. The summed E-state index contributed by atoms with van der Waals surface area (Å²) >= 11 is 0. The third kappa shape index (κ3) is 5.02. The Morgan fingerprint density at radius 1 is 1.06 bits per heavy atom. The van der Waals surface area contributed by atoms with Gasteiger partial charge in [0.1, 0.15) is 11.5 Å². The Kier molecular flexibility index (Phi) is 7.77. The van der Waals surface area contributed by atoms with E-state index in [0.29, 0.717) is 31.7 Å². The monoisotopic (exact) mass is 514 g/mol. The van der Waals surface area contributed by atoms with E-state index in [1.165, 1.54) is 52.7 Å². The van der Waals surface area contributed by atoms with Crippen LogP contribution in [0.4, 0.5) is 0 Å². The molecule has 0 bridgehead atoms. The summed E-state index contributed by atoms with van der Waals surface area (Å²) in [5, 5.41) is 21.2. The molecule has 192 valence electrons. The quantitative estimate of drug-likeness (QED) is 0.240. The van der Waals surface area contributed by atoms with Crippen molar-refractivity contribution in [2.75, 3.05) is 33.4 Å². The number of piperidine rings is 1. The van der Waals surface area contributed by atoms with Crippen LogP contribution in [0.5, 0.6) is 5.75 Å². The molecule has 2 aliphatic heterocycles. The van der Waals surface area contributed by atoms with Gasteiger partial charge in [0.25, 0.3) is 11.7 Å². The molecule has 0 saturated carbocycles. The molecule has 9 nitrogen and oxygen atoms in total. The average molecular weight is 515 g/mol. The molecule has 0 aromatic heterocycles. The first-order chi connectivity index (χ1) is 17.3. The predicted molar refractivity (Wildman–Crippen MR) is 133 cm³/mol. The van der Waals surface area contributed by atoms with Crippen molar-refractivity contribution in [3.8, 4) is 5.75 Å². The number of methoxy groups -OCH3 is 1. The van der Waals surface area contributed by atoms with E-state index in [0.717, 1.165) is 19.3 Å². The zero-order valence-electron chi connectivity index (χ0n) is 20.1. The lowest BCUT2D eigenvalue weighted by atomic mass is 9.95. The number of rotatable bonds is 8. The van der Waals surface area contributed by atoms with Crippen LogP contribution < -0.4 is 0 Å². The van der Waals surface area contributed by atoms with Crippen LogP contribution in [0.2, 0.25) is 0 Å². The first-order valence-electron chi connectivity index (χ1n) is 11.9. The molecule has 1 amide bonds. The first kappa shape index (κ1) is 25.9. The number of likely N-dealkylation sites (tertiary alicyclic amines) is 1. The smallest absolute Gasteiger partial charge is 0.295 e. The zero-order valence-corrected chi connectivity index (χ0v) is 20.9. The Balaban J connectivity index is 1.72. The minimum Gasteiger partial charge on any atom is -0.508 e. The molecule has 4 rings (SSSR count). The molecule has 0 spiro atoms. The minimum absolute atomic E-state index is 0.0396. The second kappa shape index (κ2) is 10.8. The lowest BCUT2D eigenvalue weighted by Gasteiger charge is -2.26. The first-order valence-corrected chi connectivity index (χ1v) is 13.4. The van der Waals surface area contributed by atoms with E-state index in [9.17, 15) is 28.2 Å². The standard InChI is InChI=1S/C26H30N2O7S/c1-35-16-6-15-28-23(19-7-5-8-20(29)17-19)22(25(31)26(28)32)24(30)18-9-11-21(12-10-18)36(33,34)27-13-3-2-4-14-27/h5,7-12,17,23,29-30H,2-4,6,13-16H2,1H3/b24-22-. The van der Waals surface area contributed by atoms with Gasteiger partial charge in [-0.05, 0) is 61.2 Å². The molecule has 2 heterocycles. The number of nitrogens with zero attached hydrogens (tertiary/aromatic N) is 2. The van der Waals surface area contributed by atoms with E-state index in [4.69, 9.17) is 4.74 Å². The van der Waals surface area contributed by atoms with Crippen LogP contribution in [-0.4, -0.2) is 72.9 Å². The molecule has 0 radical (unpaired) electrons. The number of phenolic OH excluding ortho intramolecular Hbond substituents is 1. The Labute approximate surface area is 210 Å². The molecule has 36 heavy (non-hydrogen) atoms. The summed E-state index contributed by atoms with van der Waals surface area (Å²) in [5.41, 5.74) is 0.569. The Morgan fingerprint density at radius 2 is 1.75 bits per heavy atom. The Morgan fingerprint density at radius 3 is 2.39 bits per heavy atom. The highest BCUT2D eigenvalue weighted by Crippen LogP contribution is 2.40. The number of hydrogen-bond acceptors (Lipinski definition) is 7. The van der Waals surface area contributed by atoms with Crippen molar-refractivity contribution in [1.29, 1.82) is 0 Å². The third-order valence-electron chi connectivity index (χ3n) is 6.55. The maximum Gasteiger partial charge on any atom is 0.295 e. The number of carbonyl (C=O) groups excluding carboxylic acids is 2. The molecule has 2 aliphatic rings. The van der Waals surface area contributed by atoms with Crippen molar-refractivity contribution < 1.29 is 33.0 Å². The number of sulfonamides is 1. The minimum atomic E-state index is -3.66. The number of hydrogen-bond donors (Lipinski definition) is 2. The zero-order chi connectivity index (χ0) is 25.9. The summed E-state index contributed by atoms with van der Waals surface area (Å²) in [7, 11) is -2.12. The fraction of sp³-hybridized carbons (Fsp3) is 0.385. The number of phenols is 1. The largest absolute Gasteiger partial charge is 0.508 e. The van der Waals surface area contributed by atoms with Gasteiger partial charge in [0, 0.05) is 38.9 Å². The van der Waals surface area contributed by atoms with Gasteiger partial charge in [-0.1, -0.05) is 18.6 Å². The van der Waals surface area contributed by atoms with Crippen molar-refractivity contribution >= 4 is 27.5 Å². The Hall–Kier alpha value is -3.21. The van der Waals surface area contributed by atoms with Crippen molar-refractivity contribution in [2.45, 2.75) is 36.6 Å². The van der Waals surface area contributed by atoms with Crippen LogP contribution in [0.25, 0.3) is 5.76 Å². The number of benzene rings is 2. The van der Waals surface area contributed by atoms with Gasteiger partial charge >= 0.3 is 0 Å². The van der Waals surface area contributed by atoms with E-state index in [2.05, 4.69) is 0 Å². The van der Waals surface area contributed by atoms with Crippen LogP contribution >= 0.6 is 0 Å². The summed E-state index contributed by atoms with van der Waals surface area (Å²) in [5.74, 6) is -2.05. The fourth-order valence-electron chi connectivity index (χ4n) is 4.73. The van der Waals surface area contributed by atoms with Crippen LogP contribution in [0.1, 0.15) is 42.9 Å². The SMILES string of the molecule is COCCCN1C(=O)C(=O)/C(=C(\O)c2ccc(S(=O)(=O)N3CCCCC3)cc2)C1c1cccc(O)c1. The Bertz CT molecular complexity index is 1270. The van der Waals surface area contributed by atoms with Crippen LogP contribution in [0, 0.1) is 0 Å². The molecular formula is C26H30N2O7S. The predicted octanol–water partition coefficient (Wildman–Crippen LogP) is 3.03. The summed E-state index contributed by atoms with van der Waals surface area (Å²) < 4.78 is 32.5. The van der Waals surface area contributed by atoms with E-state index >= 15 is 0 Å². The highest BCUT2D eigenvalue weighted by atomic mass is 32.2. The van der Waals surface area contributed by atoms with Crippen LogP contribution in [0.3, 0.4) is 0 Å². The number of aliphatic hydroxyl groups is 1. The van der Waals surface area contributed by atoms with E-state index < -0.39 is 33.5 Å². The molecule has 2 aromatic carbocycles. The van der Waals surface area contributed by atoms with Crippen molar-refractivity contribution in [1.82, 2.24) is 9.21 Å². The summed E-state index contributed by atoms with van der Waals surface area (Å²) in [6.45, 7) is 1.53. The molecule has 0 aliphatic carbocycles. The number of aromatic hydroxyl groups is 1. The van der Waals surface area contributed by atoms with Crippen molar-refractivity contribution in [3.63, 3.8) is 0 Å². The van der Waals surface area contributed by atoms with Gasteiger partial charge in [-0.25, -0.2) is 8.42 Å².